The average Bonchev–Trinajstić information content (AvgIpc) is 3.36. The lowest BCUT2D eigenvalue weighted by atomic mass is 9.90. The smallest absolute Gasteiger partial charge is 0.254 e. The number of ether oxygens (including phenoxy) is 1. The van der Waals surface area contributed by atoms with Crippen molar-refractivity contribution in [3.05, 3.63) is 64.5 Å². The Balaban J connectivity index is 1.77. The minimum atomic E-state index is -0.309. The Morgan fingerprint density at radius 2 is 1.85 bits per heavy atom. The Morgan fingerprint density at radius 1 is 1.12 bits per heavy atom. The maximum Gasteiger partial charge on any atom is 0.254 e. The van der Waals surface area contributed by atoms with Gasteiger partial charge >= 0.3 is 0 Å². The largest absolute Gasteiger partial charge is 0.491 e. The van der Waals surface area contributed by atoms with Crippen molar-refractivity contribution < 1.29 is 18.7 Å². The van der Waals surface area contributed by atoms with Crippen LogP contribution in [0.15, 0.2) is 36.4 Å². The Bertz CT molecular complexity index is 875. The summed E-state index contributed by atoms with van der Waals surface area (Å²) in [6.45, 7) is 0.346. The molecule has 0 bridgehead atoms. The average molecular weight is 354 g/mol. The highest BCUT2D eigenvalue weighted by Gasteiger charge is 2.32. The highest BCUT2D eigenvalue weighted by molar-refractivity contribution is 6.02. The number of hydrogen-bond donors (Lipinski definition) is 2. The number of nitrogens with one attached hydrogen (secondary N) is 2. The maximum absolute atomic E-state index is 13.2. The van der Waals surface area contributed by atoms with Crippen LogP contribution >= 0.6 is 0 Å². The second-order valence-corrected chi connectivity index (χ2v) is 6.68. The van der Waals surface area contributed by atoms with Gasteiger partial charge in [-0.2, -0.15) is 0 Å². The van der Waals surface area contributed by atoms with Crippen molar-refractivity contribution in [3.63, 3.8) is 0 Å². The molecule has 2 aliphatic rings. The number of carbonyl (C=O) groups excluding carboxylic acids is 2. The van der Waals surface area contributed by atoms with Gasteiger partial charge in [0.25, 0.3) is 11.8 Å². The van der Waals surface area contributed by atoms with Gasteiger partial charge in [0.1, 0.15) is 11.6 Å². The van der Waals surface area contributed by atoms with Crippen LogP contribution in [0.25, 0.3) is 0 Å². The lowest BCUT2D eigenvalue weighted by Crippen LogP contribution is -2.26. The molecule has 0 radical (unpaired) electrons. The van der Waals surface area contributed by atoms with E-state index in [1.165, 1.54) is 19.2 Å². The summed E-state index contributed by atoms with van der Waals surface area (Å²) >= 11 is 0. The molecule has 2 amide bonds. The van der Waals surface area contributed by atoms with E-state index in [0.29, 0.717) is 23.5 Å². The van der Waals surface area contributed by atoms with Gasteiger partial charge < -0.3 is 15.4 Å². The standard InChI is InChI=1S/C20H19FN2O3/c1-22-20(25)16-9-12(19(24)23-14-6-7-14)8-15-17(10-26-18(15)16)11-2-4-13(21)5-3-11/h2-5,8-9,14,17H,6-7,10H2,1H3,(H,22,25)(H,23,24). The summed E-state index contributed by atoms with van der Waals surface area (Å²) in [6, 6.07) is 9.78. The Labute approximate surface area is 150 Å². The molecule has 2 N–H and O–H groups in total. The molecule has 26 heavy (non-hydrogen) atoms. The first kappa shape index (κ1) is 16.6. The van der Waals surface area contributed by atoms with E-state index in [1.807, 2.05) is 0 Å². The Hall–Kier alpha value is -2.89. The monoisotopic (exact) mass is 354 g/mol. The fourth-order valence-electron chi connectivity index (χ4n) is 3.23. The van der Waals surface area contributed by atoms with E-state index < -0.39 is 0 Å². The van der Waals surface area contributed by atoms with Gasteiger partial charge in [-0.15, -0.1) is 0 Å². The molecule has 0 aromatic heterocycles. The highest BCUT2D eigenvalue weighted by atomic mass is 19.1. The van der Waals surface area contributed by atoms with Crippen LogP contribution in [0.1, 0.15) is 50.6 Å². The minimum Gasteiger partial charge on any atom is -0.491 e. The summed E-state index contributed by atoms with van der Waals surface area (Å²) in [6.07, 6.45) is 1.97. The molecule has 4 rings (SSSR count). The van der Waals surface area contributed by atoms with Gasteiger partial charge in [0.2, 0.25) is 0 Å². The molecular weight excluding hydrogens is 335 g/mol. The summed E-state index contributed by atoms with van der Waals surface area (Å²) in [7, 11) is 1.54. The van der Waals surface area contributed by atoms with Crippen molar-refractivity contribution in [2.45, 2.75) is 24.8 Å². The molecule has 1 fully saturated rings. The van der Waals surface area contributed by atoms with Crippen LogP contribution in [0.4, 0.5) is 4.39 Å². The molecule has 1 unspecified atom stereocenters. The molecule has 1 atom stereocenters. The zero-order valence-corrected chi connectivity index (χ0v) is 14.3. The van der Waals surface area contributed by atoms with Crippen molar-refractivity contribution in [1.82, 2.24) is 10.6 Å². The van der Waals surface area contributed by atoms with Crippen LogP contribution in [-0.4, -0.2) is 31.5 Å². The Kier molecular flexibility index (Phi) is 4.11. The van der Waals surface area contributed by atoms with Crippen LogP contribution in [0.2, 0.25) is 0 Å². The zero-order chi connectivity index (χ0) is 18.3. The number of rotatable bonds is 4. The molecular formula is C20H19FN2O3. The topological polar surface area (TPSA) is 67.4 Å². The molecule has 6 heteroatoms. The van der Waals surface area contributed by atoms with Crippen molar-refractivity contribution in [1.29, 1.82) is 0 Å². The van der Waals surface area contributed by atoms with Crippen LogP contribution in [-0.2, 0) is 0 Å². The van der Waals surface area contributed by atoms with E-state index in [4.69, 9.17) is 4.74 Å². The van der Waals surface area contributed by atoms with Crippen LogP contribution in [0.3, 0.4) is 0 Å². The van der Waals surface area contributed by atoms with Gasteiger partial charge in [0.15, 0.2) is 0 Å². The number of halogens is 1. The van der Waals surface area contributed by atoms with Crippen molar-refractivity contribution in [3.8, 4) is 5.75 Å². The van der Waals surface area contributed by atoms with E-state index in [2.05, 4.69) is 10.6 Å². The molecule has 134 valence electrons. The van der Waals surface area contributed by atoms with Gasteiger partial charge in [-0.1, -0.05) is 12.1 Å². The van der Waals surface area contributed by atoms with Gasteiger partial charge in [-0.05, 0) is 42.7 Å². The maximum atomic E-state index is 13.2. The molecule has 5 nitrogen and oxygen atoms in total. The molecule has 1 aliphatic heterocycles. The quantitative estimate of drug-likeness (QED) is 0.887. The molecule has 1 aliphatic carbocycles. The van der Waals surface area contributed by atoms with E-state index in [9.17, 15) is 14.0 Å². The predicted octanol–water partition coefficient (Wildman–Crippen LogP) is 2.60. The summed E-state index contributed by atoms with van der Waals surface area (Å²) in [5, 5.41) is 5.54. The van der Waals surface area contributed by atoms with E-state index >= 15 is 0 Å². The molecule has 1 heterocycles. The lowest BCUT2D eigenvalue weighted by molar-refractivity contribution is 0.0951. The first-order valence-corrected chi connectivity index (χ1v) is 8.66. The number of fused-ring (bicyclic) bond motifs is 1. The number of benzene rings is 2. The van der Waals surface area contributed by atoms with E-state index in [-0.39, 0.29) is 29.6 Å². The molecule has 2 aromatic rings. The fourth-order valence-corrected chi connectivity index (χ4v) is 3.23. The zero-order valence-electron chi connectivity index (χ0n) is 14.3. The molecule has 0 spiro atoms. The van der Waals surface area contributed by atoms with Gasteiger partial charge in [0.05, 0.1) is 12.2 Å². The summed E-state index contributed by atoms with van der Waals surface area (Å²) in [4.78, 5) is 24.8. The van der Waals surface area contributed by atoms with Crippen LogP contribution in [0, 0.1) is 5.82 Å². The summed E-state index contributed by atoms with van der Waals surface area (Å²) < 4.78 is 19.0. The fraction of sp³-hybridized carbons (Fsp3) is 0.300. The molecule has 2 aromatic carbocycles. The summed E-state index contributed by atoms with van der Waals surface area (Å²) in [5.41, 5.74) is 2.44. The Morgan fingerprint density at radius 3 is 2.50 bits per heavy atom. The second-order valence-electron chi connectivity index (χ2n) is 6.68. The third-order valence-corrected chi connectivity index (χ3v) is 4.81. The predicted molar refractivity (Wildman–Crippen MR) is 94.1 cm³/mol. The van der Waals surface area contributed by atoms with Crippen LogP contribution < -0.4 is 15.4 Å². The van der Waals surface area contributed by atoms with E-state index in [1.54, 1.807) is 24.3 Å². The molecule has 0 saturated heterocycles. The van der Waals surface area contributed by atoms with Gasteiger partial charge in [-0.25, -0.2) is 4.39 Å². The van der Waals surface area contributed by atoms with Gasteiger partial charge in [-0.3, -0.25) is 9.59 Å². The third kappa shape index (κ3) is 3.03. The number of amides is 2. The van der Waals surface area contributed by atoms with Crippen molar-refractivity contribution in [2.75, 3.05) is 13.7 Å². The van der Waals surface area contributed by atoms with Gasteiger partial charge in [0, 0.05) is 30.1 Å². The first-order chi connectivity index (χ1) is 12.6. The normalized spacial score (nSPS) is 18.0. The summed E-state index contributed by atoms with van der Waals surface area (Å²) in [5.74, 6) is -0.465. The third-order valence-electron chi connectivity index (χ3n) is 4.81. The minimum absolute atomic E-state index is 0.150. The SMILES string of the molecule is CNC(=O)c1cc(C(=O)NC2CC2)cc2c1OCC2c1ccc(F)cc1. The van der Waals surface area contributed by atoms with Crippen molar-refractivity contribution >= 4 is 11.8 Å². The lowest BCUT2D eigenvalue weighted by Gasteiger charge is -2.13. The highest BCUT2D eigenvalue weighted by Crippen LogP contribution is 2.41. The number of carbonyl (C=O) groups is 2. The van der Waals surface area contributed by atoms with Crippen molar-refractivity contribution in [2.24, 2.45) is 0 Å². The molecule has 1 saturated carbocycles. The number of hydrogen-bond acceptors (Lipinski definition) is 3. The van der Waals surface area contributed by atoms with E-state index in [0.717, 1.165) is 24.0 Å². The second kappa shape index (κ2) is 6.44. The first-order valence-electron chi connectivity index (χ1n) is 8.66. The van der Waals surface area contributed by atoms with Crippen LogP contribution in [0.5, 0.6) is 5.75 Å².